The molecule has 0 aliphatic heterocycles. The Labute approximate surface area is 117 Å². The van der Waals surface area contributed by atoms with Gasteiger partial charge in [0.2, 0.25) is 0 Å². The zero-order valence-corrected chi connectivity index (χ0v) is 11.7. The maximum absolute atomic E-state index is 12.4. The molecular formula is C15H17NO4. The molecule has 1 aromatic rings. The van der Waals surface area contributed by atoms with Gasteiger partial charge in [-0.15, -0.1) is 0 Å². The van der Waals surface area contributed by atoms with E-state index in [0.29, 0.717) is 17.4 Å². The molecule has 0 heterocycles. The first kappa shape index (κ1) is 15.6. The van der Waals surface area contributed by atoms with Gasteiger partial charge in [-0.25, -0.2) is 4.79 Å². The molecule has 1 amide bonds. The summed E-state index contributed by atoms with van der Waals surface area (Å²) in [5, 5.41) is 0. The molecule has 1 rings (SSSR count). The molecule has 0 fully saturated rings. The first-order chi connectivity index (χ1) is 9.52. The first-order valence-corrected chi connectivity index (χ1v) is 6.08. The number of nitrogens with zero attached hydrogens (tertiary/aromatic N) is 1. The third-order valence-corrected chi connectivity index (χ3v) is 2.99. The number of amides is 1. The van der Waals surface area contributed by atoms with Gasteiger partial charge >= 0.3 is 5.97 Å². The number of methoxy groups -OCH3 is 1. The fourth-order valence-electron chi connectivity index (χ4n) is 1.67. The van der Waals surface area contributed by atoms with Crippen molar-refractivity contribution < 1.29 is 19.1 Å². The lowest BCUT2D eigenvalue weighted by molar-refractivity contribution is -0.144. The van der Waals surface area contributed by atoms with Crippen molar-refractivity contribution in [3.63, 3.8) is 0 Å². The van der Waals surface area contributed by atoms with Gasteiger partial charge in [-0.05, 0) is 24.6 Å². The second-order valence-electron chi connectivity index (χ2n) is 4.20. The molecule has 5 nitrogen and oxygen atoms in total. The van der Waals surface area contributed by atoms with Crippen LogP contribution in [0.25, 0.3) is 6.08 Å². The van der Waals surface area contributed by atoms with E-state index in [1.54, 1.807) is 37.3 Å². The molecule has 0 aliphatic rings. The average molecular weight is 275 g/mol. The zero-order valence-electron chi connectivity index (χ0n) is 11.7. The van der Waals surface area contributed by atoms with Gasteiger partial charge in [0, 0.05) is 12.6 Å². The van der Waals surface area contributed by atoms with Crippen molar-refractivity contribution >= 4 is 24.2 Å². The Kier molecular flexibility index (Phi) is 5.65. The fraction of sp³-hybridized carbons (Fsp3) is 0.267. The van der Waals surface area contributed by atoms with Crippen LogP contribution in [0, 0.1) is 0 Å². The number of benzene rings is 1. The molecular weight excluding hydrogens is 258 g/mol. The van der Waals surface area contributed by atoms with E-state index in [9.17, 15) is 14.4 Å². The smallest absolute Gasteiger partial charge is 0.328 e. The Morgan fingerprint density at radius 2 is 1.95 bits per heavy atom. The van der Waals surface area contributed by atoms with Crippen molar-refractivity contribution in [1.29, 1.82) is 0 Å². The van der Waals surface area contributed by atoms with E-state index >= 15 is 0 Å². The number of carbonyl (C=O) groups excluding carboxylic acids is 3. The van der Waals surface area contributed by atoms with Crippen molar-refractivity contribution in [2.45, 2.75) is 13.0 Å². The van der Waals surface area contributed by atoms with Crippen LogP contribution in [0.5, 0.6) is 0 Å². The lowest BCUT2D eigenvalue weighted by Gasteiger charge is -2.23. The quantitative estimate of drug-likeness (QED) is 0.464. The molecule has 0 saturated carbocycles. The summed E-state index contributed by atoms with van der Waals surface area (Å²) < 4.78 is 4.62. The largest absolute Gasteiger partial charge is 0.467 e. The summed E-state index contributed by atoms with van der Waals surface area (Å²) in [6.07, 6.45) is 3.51. The minimum absolute atomic E-state index is 0.311. The van der Waals surface area contributed by atoms with E-state index in [2.05, 4.69) is 4.74 Å². The highest BCUT2D eigenvalue weighted by atomic mass is 16.5. The molecule has 106 valence electrons. The van der Waals surface area contributed by atoms with E-state index in [0.717, 1.165) is 0 Å². The highest BCUT2D eigenvalue weighted by molar-refractivity contribution is 6.00. The minimum atomic E-state index is -0.685. The predicted octanol–water partition coefficient (Wildman–Crippen LogP) is 1.53. The Balaban J connectivity index is 3.05. The lowest BCUT2D eigenvalue weighted by Crippen LogP contribution is -2.41. The highest BCUT2D eigenvalue weighted by Gasteiger charge is 2.24. The Hall–Kier alpha value is -2.43. The van der Waals surface area contributed by atoms with Gasteiger partial charge in [0.25, 0.3) is 5.91 Å². The lowest BCUT2D eigenvalue weighted by atomic mass is 10.1. The summed E-state index contributed by atoms with van der Waals surface area (Å²) in [4.78, 5) is 35.5. The van der Waals surface area contributed by atoms with Gasteiger partial charge in [-0.1, -0.05) is 24.3 Å². The van der Waals surface area contributed by atoms with E-state index in [-0.39, 0.29) is 5.91 Å². The molecule has 1 atom stereocenters. The van der Waals surface area contributed by atoms with Gasteiger partial charge in [-0.3, -0.25) is 9.59 Å². The number of aldehydes is 1. The van der Waals surface area contributed by atoms with Crippen molar-refractivity contribution in [3.8, 4) is 0 Å². The van der Waals surface area contributed by atoms with Crippen molar-refractivity contribution in [1.82, 2.24) is 4.90 Å². The Morgan fingerprint density at radius 1 is 1.30 bits per heavy atom. The summed E-state index contributed by atoms with van der Waals surface area (Å²) in [5.74, 6) is -0.796. The topological polar surface area (TPSA) is 63.7 Å². The number of likely N-dealkylation sites (N-methyl/N-ethyl adjacent to an activating group) is 1. The molecule has 0 aliphatic carbocycles. The van der Waals surface area contributed by atoms with Crippen LogP contribution in [0.15, 0.2) is 30.3 Å². The SMILES string of the molecule is COC(=O)C(C)N(C)C(=O)c1ccccc1/C=C/C=O. The standard InChI is InChI=1S/C15H17NO4/c1-11(15(19)20-3)16(2)14(18)13-9-5-4-7-12(13)8-6-10-17/h4-11H,1-3H3/b8-6+. The number of hydrogen-bond donors (Lipinski definition) is 0. The summed E-state index contributed by atoms with van der Waals surface area (Å²) in [6.45, 7) is 1.59. The summed E-state index contributed by atoms with van der Waals surface area (Å²) in [7, 11) is 2.81. The first-order valence-electron chi connectivity index (χ1n) is 6.08. The normalized spacial score (nSPS) is 11.9. The minimum Gasteiger partial charge on any atom is -0.467 e. The molecule has 1 aromatic carbocycles. The second kappa shape index (κ2) is 7.23. The fourth-order valence-corrected chi connectivity index (χ4v) is 1.67. The number of esters is 1. The van der Waals surface area contributed by atoms with E-state index in [1.807, 2.05) is 0 Å². The van der Waals surface area contributed by atoms with Gasteiger partial charge in [0.15, 0.2) is 0 Å². The van der Waals surface area contributed by atoms with Crippen LogP contribution in [-0.4, -0.2) is 43.3 Å². The number of hydrogen-bond acceptors (Lipinski definition) is 4. The number of ether oxygens (including phenoxy) is 1. The molecule has 0 radical (unpaired) electrons. The Morgan fingerprint density at radius 3 is 2.55 bits per heavy atom. The van der Waals surface area contributed by atoms with Gasteiger partial charge in [0.1, 0.15) is 12.3 Å². The maximum Gasteiger partial charge on any atom is 0.328 e. The van der Waals surface area contributed by atoms with Gasteiger partial charge in [-0.2, -0.15) is 0 Å². The van der Waals surface area contributed by atoms with Crippen molar-refractivity contribution in [3.05, 3.63) is 41.5 Å². The summed E-state index contributed by atoms with van der Waals surface area (Å²) in [6, 6.07) is 6.18. The molecule has 0 bridgehead atoms. The number of carbonyl (C=O) groups is 3. The summed E-state index contributed by atoms with van der Waals surface area (Å²) in [5.41, 5.74) is 1.04. The van der Waals surface area contributed by atoms with Crippen LogP contribution in [0.3, 0.4) is 0 Å². The third kappa shape index (κ3) is 3.54. The van der Waals surface area contributed by atoms with Crippen LogP contribution in [0.4, 0.5) is 0 Å². The highest BCUT2D eigenvalue weighted by Crippen LogP contribution is 2.14. The number of allylic oxidation sites excluding steroid dienone is 1. The second-order valence-corrected chi connectivity index (χ2v) is 4.20. The van der Waals surface area contributed by atoms with Crippen LogP contribution >= 0.6 is 0 Å². The van der Waals surface area contributed by atoms with Crippen LogP contribution in [-0.2, 0) is 14.3 Å². The maximum atomic E-state index is 12.4. The van der Waals surface area contributed by atoms with Crippen molar-refractivity contribution in [2.24, 2.45) is 0 Å². The van der Waals surface area contributed by atoms with Crippen LogP contribution in [0.2, 0.25) is 0 Å². The van der Waals surface area contributed by atoms with Gasteiger partial charge in [0.05, 0.1) is 7.11 Å². The molecule has 1 unspecified atom stereocenters. The van der Waals surface area contributed by atoms with Crippen LogP contribution < -0.4 is 0 Å². The Bertz CT molecular complexity index is 536. The average Bonchev–Trinajstić information content (AvgIpc) is 2.50. The molecule has 0 aromatic heterocycles. The van der Waals surface area contributed by atoms with E-state index < -0.39 is 12.0 Å². The zero-order chi connectivity index (χ0) is 15.1. The molecule has 0 saturated heterocycles. The predicted molar refractivity (Wildman–Crippen MR) is 75.1 cm³/mol. The molecule has 20 heavy (non-hydrogen) atoms. The van der Waals surface area contributed by atoms with E-state index in [1.165, 1.54) is 25.1 Å². The molecule has 0 spiro atoms. The molecule has 0 N–H and O–H groups in total. The molecule has 5 heteroatoms. The van der Waals surface area contributed by atoms with Crippen molar-refractivity contribution in [2.75, 3.05) is 14.2 Å². The number of rotatable bonds is 5. The van der Waals surface area contributed by atoms with E-state index in [4.69, 9.17) is 0 Å². The monoisotopic (exact) mass is 275 g/mol. The third-order valence-electron chi connectivity index (χ3n) is 2.99. The van der Waals surface area contributed by atoms with Gasteiger partial charge < -0.3 is 9.64 Å². The van der Waals surface area contributed by atoms with Crippen LogP contribution in [0.1, 0.15) is 22.8 Å². The summed E-state index contributed by atoms with van der Waals surface area (Å²) >= 11 is 0.